The highest BCUT2D eigenvalue weighted by Gasteiger charge is 1.92. The lowest BCUT2D eigenvalue weighted by atomic mass is 10.9. The van der Waals surface area contributed by atoms with Crippen molar-refractivity contribution in [2.24, 2.45) is 7.05 Å². The van der Waals surface area contributed by atoms with Crippen LogP contribution in [0.1, 0.15) is 0 Å². The van der Waals surface area contributed by atoms with Gasteiger partial charge in [-0.3, -0.25) is 4.21 Å². The lowest BCUT2D eigenvalue weighted by Gasteiger charge is -1.96. The predicted octanol–water partition coefficient (Wildman–Crippen LogP) is -0.342. The van der Waals surface area contributed by atoms with Gasteiger partial charge in [-0.05, 0) is 11.1 Å². The lowest BCUT2D eigenvalue weighted by Crippen LogP contribution is -1.87. The maximum atomic E-state index is 10.1. The second-order valence-corrected chi connectivity index (χ2v) is 2.50. The van der Waals surface area contributed by atoms with E-state index in [4.69, 9.17) is 0 Å². The molecule has 5 heteroatoms. The summed E-state index contributed by atoms with van der Waals surface area (Å²) in [4.78, 5) is 3.57. The summed E-state index contributed by atoms with van der Waals surface area (Å²) in [6.45, 7) is 0. The number of aromatic nitrogens is 2. The van der Waals surface area contributed by atoms with E-state index in [9.17, 15) is 8.76 Å². The average molecular weight is 145 g/mol. The van der Waals surface area contributed by atoms with Crippen molar-refractivity contribution in [1.82, 2.24) is 9.55 Å². The fourth-order valence-electron chi connectivity index (χ4n) is 0.475. The molecule has 0 aliphatic rings. The number of nitrogens with zero attached hydrogens (tertiary/aromatic N) is 2. The third-order valence-electron chi connectivity index (χ3n) is 0.852. The standard InChI is InChI=1S/C4H6N2O2S/c1-6-2-4(5-3-6)9(7)8/h2-3H,1H3,(H,7,8)/p-1. The maximum Gasteiger partial charge on any atom is 0.131 e. The third-order valence-corrected chi connectivity index (χ3v) is 1.40. The Morgan fingerprint density at radius 2 is 2.56 bits per heavy atom. The number of hydrogen-bond acceptors (Lipinski definition) is 3. The Morgan fingerprint density at radius 3 is 2.78 bits per heavy atom. The van der Waals surface area contributed by atoms with Crippen molar-refractivity contribution in [2.45, 2.75) is 5.03 Å². The molecule has 1 heterocycles. The van der Waals surface area contributed by atoms with Crippen LogP contribution in [-0.4, -0.2) is 18.3 Å². The van der Waals surface area contributed by atoms with E-state index in [-0.39, 0.29) is 5.03 Å². The summed E-state index contributed by atoms with van der Waals surface area (Å²) in [5, 5.41) is 0.0810. The van der Waals surface area contributed by atoms with E-state index in [1.165, 1.54) is 12.5 Å². The monoisotopic (exact) mass is 145 g/mol. The van der Waals surface area contributed by atoms with Gasteiger partial charge >= 0.3 is 0 Å². The second kappa shape index (κ2) is 2.28. The van der Waals surface area contributed by atoms with Crippen LogP contribution in [0.4, 0.5) is 0 Å². The molecule has 4 nitrogen and oxygen atoms in total. The molecule has 1 aromatic rings. The van der Waals surface area contributed by atoms with Gasteiger partial charge in [-0.1, -0.05) is 0 Å². The third kappa shape index (κ3) is 1.36. The highest BCUT2D eigenvalue weighted by Crippen LogP contribution is 1.96. The minimum Gasteiger partial charge on any atom is -0.767 e. The zero-order valence-electron chi connectivity index (χ0n) is 4.77. The molecule has 1 rings (SSSR count). The van der Waals surface area contributed by atoms with Crippen molar-refractivity contribution >= 4 is 11.1 Å². The normalized spacial score (nSPS) is 13.6. The van der Waals surface area contributed by atoms with Crippen molar-refractivity contribution in [3.63, 3.8) is 0 Å². The summed E-state index contributed by atoms with van der Waals surface area (Å²) in [6.07, 6.45) is 2.87. The predicted molar refractivity (Wildman–Crippen MR) is 30.4 cm³/mol. The highest BCUT2D eigenvalue weighted by molar-refractivity contribution is 7.79. The molecule has 1 unspecified atom stereocenters. The highest BCUT2D eigenvalue weighted by atomic mass is 32.2. The van der Waals surface area contributed by atoms with Gasteiger partial charge in [-0.2, -0.15) is 0 Å². The summed E-state index contributed by atoms with van der Waals surface area (Å²) in [7, 11) is 1.71. The summed E-state index contributed by atoms with van der Waals surface area (Å²) >= 11 is -2.19. The number of imidazole rings is 1. The van der Waals surface area contributed by atoms with Gasteiger partial charge in [-0.25, -0.2) is 4.98 Å². The molecule has 0 saturated heterocycles. The number of rotatable bonds is 1. The SMILES string of the molecule is Cn1cnc(S(=O)[O-])c1. The summed E-state index contributed by atoms with van der Waals surface area (Å²) in [5.74, 6) is 0. The molecule has 0 fully saturated rings. The van der Waals surface area contributed by atoms with Crippen molar-refractivity contribution in [3.8, 4) is 0 Å². The van der Waals surface area contributed by atoms with Gasteiger partial charge in [0, 0.05) is 13.2 Å². The summed E-state index contributed by atoms with van der Waals surface area (Å²) in [5.41, 5.74) is 0. The van der Waals surface area contributed by atoms with Crippen LogP contribution in [0, 0.1) is 0 Å². The van der Waals surface area contributed by atoms with Crippen molar-refractivity contribution in [2.75, 3.05) is 0 Å². The van der Waals surface area contributed by atoms with Crippen LogP contribution in [0.5, 0.6) is 0 Å². The zero-order chi connectivity index (χ0) is 6.85. The first-order valence-electron chi connectivity index (χ1n) is 2.27. The van der Waals surface area contributed by atoms with Gasteiger partial charge in [0.25, 0.3) is 0 Å². The molecule has 0 radical (unpaired) electrons. The Morgan fingerprint density at radius 1 is 1.89 bits per heavy atom. The smallest absolute Gasteiger partial charge is 0.131 e. The fourth-order valence-corrected chi connectivity index (χ4v) is 0.860. The number of aryl methyl sites for hydroxylation is 1. The van der Waals surface area contributed by atoms with Crippen LogP contribution >= 0.6 is 0 Å². The molecule has 0 saturated carbocycles. The molecule has 0 spiro atoms. The Bertz CT molecular complexity index is 232. The molecule has 0 aliphatic carbocycles. The van der Waals surface area contributed by atoms with Crippen LogP contribution in [-0.2, 0) is 18.1 Å². The van der Waals surface area contributed by atoms with E-state index >= 15 is 0 Å². The second-order valence-electron chi connectivity index (χ2n) is 1.61. The van der Waals surface area contributed by atoms with E-state index in [0.29, 0.717) is 0 Å². The van der Waals surface area contributed by atoms with Crippen LogP contribution in [0.3, 0.4) is 0 Å². The van der Waals surface area contributed by atoms with Crippen LogP contribution < -0.4 is 0 Å². The van der Waals surface area contributed by atoms with Crippen LogP contribution in [0.2, 0.25) is 0 Å². The van der Waals surface area contributed by atoms with E-state index in [2.05, 4.69) is 4.98 Å². The Kier molecular flexibility index (Phi) is 1.63. The molecule has 1 atom stereocenters. The lowest BCUT2D eigenvalue weighted by molar-refractivity contribution is 0.534. The summed E-state index contributed by atoms with van der Waals surface area (Å²) < 4.78 is 21.9. The molecular weight excluding hydrogens is 140 g/mol. The molecule has 9 heavy (non-hydrogen) atoms. The first-order chi connectivity index (χ1) is 4.20. The fraction of sp³-hybridized carbons (Fsp3) is 0.250. The Balaban J connectivity index is 2.98. The molecule has 50 valence electrons. The maximum absolute atomic E-state index is 10.1. The Hall–Kier alpha value is -0.680. The molecule has 0 amide bonds. The van der Waals surface area contributed by atoms with Crippen molar-refractivity contribution in [1.29, 1.82) is 0 Å². The van der Waals surface area contributed by atoms with Gasteiger partial charge in [0.1, 0.15) is 5.03 Å². The van der Waals surface area contributed by atoms with E-state index < -0.39 is 11.1 Å². The van der Waals surface area contributed by atoms with Gasteiger partial charge in [-0.15, -0.1) is 0 Å². The van der Waals surface area contributed by atoms with Crippen molar-refractivity contribution in [3.05, 3.63) is 12.5 Å². The number of hydrogen-bond donors (Lipinski definition) is 0. The molecular formula is C4H5N2O2S-. The summed E-state index contributed by atoms with van der Waals surface area (Å²) in [6, 6.07) is 0. The Labute approximate surface area is 54.8 Å². The molecule has 0 N–H and O–H groups in total. The first kappa shape index (κ1) is 6.44. The van der Waals surface area contributed by atoms with Gasteiger partial charge in [0.15, 0.2) is 0 Å². The quantitative estimate of drug-likeness (QED) is 0.508. The van der Waals surface area contributed by atoms with Gasteiger partial charge < -0.3 is 9.12 Å². The molecule has 1 aromatic heterocycles. The minimum absolute atomic E-state index is 0.0810. The van der Waals surface area contributed by atoms with E-state index in [1.807, 2.05) is 0 Å². The largest absolute Gasteiger partial charge is 0.767 e. The zero-order valence-corrected chi connectivity index (χ0v) is 5.59. The average Bonchev–Trinajstić information content (AvgIpc) is 2.14. The van der Waals surface area contributed by atoms with Crippen LogP contribution in [0.25, 0.3) is 0 Å². The molecule has 0 bridgehead atoms. The topological polar surface area (TPSA) is 58.0 Å². The van der Waals surface area contributed by atoms with E-state index in [0.717, 1.165) is 0 Å². The molecule has 0 aliphatic heterocycles. The van der Waals surface area contributed by atoms with Crippen LogP contribution in [0.15, 0.2) is 17.6 Å². The molecule has 0 aromatic carbocycles. The first-order valence-corrected chi connectivity index (χ1v) is 3.35. The van der Waals surface area contributed by atoms with Crippen molar-refractivity contribution < 1.29 is 8.76 Å². The van der Waals surface area contributed by atoms with E-state index in [1.54, 1.807) is 11.6 Å². The van der Waals surface area contributed by atoms with Gasteiger partial charge in [0.2, 0.25) is 0 Å². The minimum atomic E-state index is -2.19. The van der Waals surface area contributed by atoms with Gasteiger partial charge in [0.05, 0.1) is 6.33 Å².